The van der Waals surface area contributed by atoms with E-state index in [9.17, 15) is 18.0 Å². The highest BCUT2D eigenvalue weighted by molar-refractivity contribution is 5.82. The number of para-hydroxylation sites is 1. The molecule has 0 aliphatic heterocycles. The summed E-state index contributed by atoms with van der Waals surface area (Å²) in [7, 11) is 0. The Kier molecular flexibility index (Phi) is 2.34. The van der Waals surface area contributed by atoms with Gasteiger partial charge in [-0.1, -0.05) is 12.1 Å². The molecule has 0 fully saturated rings. The molecule has 0 atom stereocenters. The summed E-state index contributed by atoms with van der Waals surface area (Å²) in [6.45, 7) is 0. The average Bonchev–Trinajstić information content (AvgIpc) is 2.14. The van der Waals surface area contributed by atoms with Crippen molar-refractivity contribution < 1.29 is 22.3 Å². The standard InChI is InChI=1S/C10H5F3O3/c11-10(12,13)16-8-5-9(14)15-7-4-2-1-3-6(7)8/h1-5H. The van der Waals surface area contributed by atoms with Gasteiger partial charge in [0, 0.05) is 0 Å². The molecule has 0 radical (unpaired) electrons. The lowest BCUT2D eigenvalue weighted by Gasteiger charge is -2.09. The maximum atomic E-state index is 12.0. The fourth-order valence-corrected chi connectivity index (χ4v) is 1.29. The van der Waals surface area contributed by atoms with E-state index in [2.05, 4.69) is 4.74 Å². The van der Waals surface area contributed by atoms with Gasteiger partial charge in [-0.3, -0.25) is 0 Å². The van der Waals surface area contributed by atoms with Gasteiger partial charge < -0.3 is 9.15 Å². The van der Waals surface area contributed by atoms with Crippen LogP contribution in [0, 0.1) is 0 Å². The van der Waals surface area contributed by atoms with Crippen molar-refractivity contribution >= 4 is 11.0 Å². The molecule has 0 saturated heterocycles. The second-order valence-corrected chi connectivity index (χ2v) is 2.97. The van der Waals surface area contributed by atoms with Crippen LogP contribution in [-0.2, 0) is 0 Å². The Hall–Kier alpha value is -1.98. The third kappa shape index (κ3) is 2.16. The molecule has 16 heavy (non-hydrogen) atoms. The van der Waals surface area contributed by atoms with Gasteiger partial charge in [0.15, 0.2) is 0 Å². The maximum absolute atomic E-state index is 12.0. The molecule has 0 amide bonds. The zero-order chi connectivity index (χ0) is 11.8. The molecular formula is C10H5F3O3. The topological polar surface area (TPSA) is 39.4 Å². The third-order valence-electron chi connectivity index (χ3n) is 1.84. The van der Waals surface area contributed by atoms with E-state index < -0.39 is 17.7 Å². The van der Waals surface area contributed by atoms with Gasteiger partial charge in [0.05, 0.1) is 11.5 Å². The SMILES string of the molecule is O=c1cc(OC(F)(F)F)c2ccccc2o1. The molecule has 2 aromatic rings. The van der Waals surface area contributed by atoms with Crippen molar-refractivity contribution in [2.24, 2.45) is 0 Å². The quantitative estimate of drug-likeness (QED) is 0.707. The molecular weight excluding hydrogens is 225 g/mol. The monoisotopic (exact) mass is 230 g/mol. The molecule has 0 N–H and O–H groups in total. The number of halogens is 3. The van der Waals surface area contributed by atoms with Gasteiger partial charge in [0.25, 0.3) is 0 Å². The summed E-state index contributed by atoms with van der Waals surface area (Å²) < 4.78 is 44.6. The van der Waals surface area contributed by atoms with Gasteiger partial charge in [0.1, 0.15) is 11.3 Å². The average molecular weight is 230 g/mol. The summed E-state index contributed by atoms with van der Waals surface area (Å²) in [6.07, 6.45) is -4.84. The van der Waals surface area contributed by atoms with Crippen LogP contribution in [-0.4, -0.2) is 6.36 Å². The van der Waals surface area contributed by atoms with Crippen molar-refractivity contribution in [3.63, 3.8) is 0 Å². The van der Waals surface area contributed by atoms with Crippen LogP contribution in [0.2, 0.25) is 0 Å². The Morgan fingerprint density at radius 3 is 2.56 bits per heavy atom. The predicted molar refractivity (Wildman–Crippen MR) is 49.2 cm³/mol. The molecule has 0 saturated carbocycles. The zero-order valence-corrected chi connectivity index (χ0v) is 7.75. The first-order valence-electron chi connectivity index (χ1n) is 4.24. The summed E-state index contributed by atoms with van der Waals surface area (Å²) in [5.41, 5.74) is -0.841. The number of benzene rings is 1. The fraction of sp³-hybridized carbons (Fsp3) is 0.100. The van der Waals surface area contributed by atoms with Crippen molar-refractivity contribution in [1.82, 2.24) is 0 Å². The first kappa shape index (κ1) is 10.5. The summed E-state index contributed by atoms with van der Waals surface area (Å²) >= 11 is 0. The van der Waals surface area contributed by atoms with E-state index in [0.29, 0.717) is 6.07 Å². The molecule has 3 nitrogen and oxygen atoms in total. The van der Waals surface area contributed by atoms with Crippen LogP contribution in [0.15, 0.2) is 39.5 Å². The van der Waals surface area contributed by atoms with E-state index in [1.807, 2.05) is 0 Å². The van der Waals surface area contributed by atoms with Crippen LogP contribution < -0.4 is 10.4 Å². The number of fused-ring (bicyclic) bond motifs is 1. The maximum Gasteiger partial charge on any atom is 0.573 e. The molecule has 0 aliphatic rings. The molecule has 6 heteroatoms. The van der Waals surface area contributed by atoms with Gasteiger partial charge in [-0.25, -0.2) is 4.79 Å². The molecule has 0 aliphatic carbocycles. The van der Waals surface area contributed by atoms with Gasteiger partial charge >= 0.3 is 12.0 Å². The molecule has 1 heterocycles. The van der Waals surface area contributed by atoms with Crippen molar-refractivity contribution in [3.8, 4) is 5.75 Å². The van der Waals surface area contributed by atoms with Crippen molar-refractivity contribution in [3.05, 3.63) is 40.8 Å². The zero-order valence-electron chi connectivity index (χ0n) is 7.75. The van der Waals surface area contributed by atoms with Gasteiger partial charge in [-0.2, -0.15) is 0 Å². The molecule has 84 valence electrons. The largest absolute Gasteiger partial charge is 0.573 e. The molecule has 0 bridgehead atoms. The fourth-order valence-electron chi connectivity index (χ4n) is 1.29. The number of rotatable bonds is 1. The highest BCUT2D eigenvalue weighted by Gasteiger charge is 2.32. The Bertz CT molecular complexity index is 571. The lowest BCUT2D eigenvalue weighted by Crippen LogP contribution is -2.18. The van der Waals surface area contributed by atoms with E-state index >= 15 is 0 Å². The Morgan fingerprint density at radius 1 is 1.19 bits per heavy atom. The van der Waals surface area contributed by atoms with E-state index in [1.165, 1.54) is 18.2 Å². The summed E-state index contributed by atoms with van der Waals surface area (Å²) in [4.78, 5) is 11.0. The molecule has 0 spiro atoms. The van der Waals surface area contributed by atoms with E-state index in [0.717, 1.165) is 0 Å². The minimum atomic E-state index is -4.84. The van der Waals surface area contributed by atoms with Crippen LogP contribution in [0.4, 0.5) is 13.2 Å². The predicted octanol–water partition coefficient (Wildman–Crippen LogP) is 2.69. The summed E-state index contributed by atoms with van der Waals surface area (Å²) in [5, 5.41) is 0.0967. The van der Waals surface area contributed by atoms with Crippen molar-refractivity contribution in [2.75, 3.05) is 0 Å². The Morgan fingerprint density at radius 2 is 1.88 bits per heavy atom. The first-order valence-corrected chi connectivity index (χ1v) is 4.24. The Balaban J connectivity index is 2.64. The highest BCUT2D eigenvalue weighted by Crippen LogP contribution is 2.28. The smallest absolute Gasteiger partial charge is 0.422 e. The van der Waals surface area contributed by atoms with Crippen LogP contribution in [0.3, 0.4) is 0 Å². The third-order valence-corrected chi connectivity index (χ3v) is 1.84. The number of ether oxygens (including phenoxy) is 1. The molecule has 0 unspecified atom stereocenters. The van der Waals surface area contributed by atoms with Gasteiger partial charge in [-0.05, 0) is 12.1 Å². The first-order chi connectivity index (χ1) is 7.46. The normalized spacial score (nSPS) is 11.7. The van der Waals surface area contributed by atoms with Gasteiger partial charge in [0.2, 0.25) is 0 Å². The minimum Gasteiger partial charge on any atom is -0.422 e. The molecule has 1 aromatic heterocycles. The number of alkyl halides is 3. The lowest BCUT2D eigenvalue weighted by molar-refractivity contribution is -0.274. The van der Waals surface area contributed by atoms with E-state index in [4.69, 9.17) is 4.42 Å². The minimum absolute atomic E-state index is 0.0502. The molecule has 1 aromatic carbocycles. The Labute approximate surface area is 87.1 Å². The van der Waals surface area contributed by atoms with Gasteiger partial charge in [-0.15, -0.1) is 13.2 Å². The highest BCUT2D eigenvalue weighted by atomic mass is 19.4. The second kappa shape index (κ2) is 3.55. The molecule has 2 rings (SSSR count). The van der Waals surface area contributed by atoms with Crippen LogP contribution in [0.25, 0.3) is 11.0 Å². The van der Waals surface area contributed by atoms with E-state index in [1.54, 1.807) is 6.07 Å². The van der Waals surface area contributed by atoms with E-state index in [-0.39, 0.29) is 11.0 Å². The van der Waals surface area contributed by atoms with Crippen LogP contribution in [0.1, 0.15) is 0 Å². The summed E-state index contributed by atoms with van der Waals surface area (Å²) in [6, 6.07) is 6.49. The lowest BCUT2D eigenvalue weighted by atomic mass is 10.2. The number of hydrogen-bond donors (Lipinski definition) is 0. The summed E-state index contributed by atoms with van der Waals surface area (Å²) in [5.74, 6) is -0.556. The number of hydrogen-bond acceptors (Lipinski definition) is 3. The van der Waals surface area contributed by atoms with Crippen molar-refractivity contribution in [2.45, 2.75) is 6.36 Å². The van der Waals surface area contributed by atoms with Crippen molar-refractivity contribution in [1.29, 1.82) is 0 Å². The van der Waals surface area contributed by atoms with Crippen LogP contribution in [0.5, 0.6) is 5.75 Å². The second-order valence-electron chi connectivity index (χ2n) is 2.97. The van der Waals surface area contributed by atoms with Crippen LogP contribution >= 0.6 is 0 Å².